The predicted octanol–water partition coefficient (Wildman–Crippen LogP) is 3.59. The third kappa shape index (κ3) is 5.64. The Morgan fingerprint density at radius 3 is 2.24 bits per heavy atom. The Balaban J connectivity index is 1.99. The summed E-state index contributed by atoms with van der Waals surface area (Å²) in [4.78, 5) is 24.9. The Kier molecular flexibility index (Phi) is 6.57. The molecule has 25 heavy (non-hydrogen) atoms. The maximum Gasteiger partial charge on any atom is 0.305 e. The lowest BCUT2D eigenvalue weighted by molar-refractivity contribution is -0.137. The van der Waals surface area contributed by atoms with Gasteiger partial charge < -0.3 is 14.7 Å². The Bertz CT molecular complexity index is 695. The van der Waals surface area contributed by atoms with Crippen LogP contribution >= 0.6 is 0 Å². The second-order valence-corrected chi connectivity index (χ2v) is 6.03. The summed E-state index contributed by atoms with van der Waals surface area (Å²) in [5.41, 5.74) is 1.59. The molecule has 0 aromatic heterocycles. The molecule has 1 N–H and O–H groups in total. The molecule has 0 spiro atoms. The number of rotatable bonds is 8. The minimum Gasteiger partial charge on any atom is -0.489 e. The number of hydrogen-bond donors (Lipinski definition) is 1. The first kappa shape index (κ1) is 18.5. The SMILES string of the molecule is CC(C)N(CCC(=O)O)C(=O)c1ccc(OCc2ccccc2)cc1. The summed E-state index contributed by atoms with van der Waals surface area (Å²) >= 11 is 0. The third-order valence-corrected chi connectivity index (χ3v) is 3.80. The van der Waals surface area contributed by atoms with E-state index in [1.54, 1.807) is 29.2 Å². The number of carboxylic acid groups (broad SMARTS) is 1. The van der Waals surface area contributed by atoms with Crippen molar-refractivity contribution in [1.29, 1.82) is 0 Å². The highest BCUT2D eigenvalue weighted by Gasteiger charge is 2.19. The number of hydrogen-bond acceptors (Lipinski definition) is 3. The lowest BCUT2D eigenvalue weighted by Crippen LogP contribution is -2.38. The summed E-state index contributed by atoms with van der Waals surface area (Å²) in [7, 11) is 0. The average molecular weight is 341 g/mol. The normalized spacial score (nSPS) is 10.5. The van der Waals surface area contributed by atoms with Crippen molar-refractivity contribution in [2.24, 2.45) is 0 Å². The van der Waals surface area contributed by atoms with Crippen LogP contribution in [-0.4, -0.2) is 34.5 Å². The summed E-state index contributed by atoms with van der Waals surface area (Å²) in [6.07, 6.45) is -0.0673. The maximum atomic E-state index is 12.6. The van der Waals surface area contributed by atoms with Crippen LogP contribution in [0.3, 0.4) is 0 Å². The van der Waals surface area contributed by atoms with Gasteiger partial charge in [-0.05, 0) is 43.7 Å². The number of carbonyl (C=O) groups is 2. The summed E-state index contributed by atoms with van der Waals surface area (Å²) in [5, 5.41) is 8.83. The van der Waals surface area contributed by atoms with Gasteiger partial charge in [0.25, 0.3) is 5.91 Å². The van der Waals surface area contributed by atoms with E-state index in [2.05, 4.69) is 0 Å². The van der Waals surface area contributed by atoms with Gasteiger partial charge in [0, 0.05) is 18.2 Å². The molecule has 5 nitrogen and oxygen atoms in total. The van der Waals surface area contributed by atoms with Crippen molar-refractivity contribution >= 4 is 11.9 Å². The quantitative estimate of drug-likeness (QED) is 0.797. The van der Waals surface area contributed by atoms with Gasteiger partial charge in [-0.2, -0.15) is 0 Å². The molecule has 5 heteroatoms. The topological polar surface area (TPSA) is 66.8 Å². The van der Waals surface area contributed by atoms with E-state index in [0.29, 0.717) is 17.9 Å². The molecule has 0 aliphatic carbocycles. The van der Waals surface area contributed by atoms with Crippen LogP contribution in [0.2, 0.25) is 0 Å². The molecule has 0 atom stereocenters. The molecule has 0 fully saturated rings. The first-order valence-corrected chi connectivity index (χ1v) is 8.27. The van der Waals surface area contributed by atoms with E-state index in [4.69, 9.17) is 9.84 Å². The summed E-state index contributed by atoms with van der Waals surface area (Å²) in [5.74, 6) is -0.406. The van der Waals surface area contributed by atoms with E-state index < -0.39 is 5.97 Å². The maximum absolute atomic E-state index is 12.6. The lowest BCUT2D eigenvalue weighted by Gasteiger charge is -2.26. The molecule has 0 aliphatic heterocycles. The summed E-state index contributed by atoms with van der Waals surface area (Å²) in [6.45, 7) is 4.40. The average Bonchev–Trinajstić information content (AvgIpc) is 2.60. The van der Waals surface area contributed by atoms with E-state index in [0.717, 1.165) is 5.56 Å². The van der Waals surface area contributed by atoms with Crippen LogP contribution < -0.4 is 4.74 Å². The molecule has 0 saturated heterocycles. The molecule has 132 valence electrons. The second-order valence-electron chi connectivity index (χ2n) is 6.03. The zero-order valence-electron chi connectivity index (χ0n) is 14.5. The Morgan fingerprint density at radius 1 is 1.04 bits per heavy atom. The molecule has 2 rings (SSSR count). The van der Waals surface area contributed by atoms with Gasteiger partial charge in [-0.15, -0.1) is 0 Å². The van der Waals surface area contributed by atoms with Crippen LogP contribution in [-0.2, 0) is 11.4 Å². The molecule has 0 aliphatic rings. The van der Waals surface area contributed by atoms with Gasteiger partial charge in [0.2, 0.25) is 0 Å². The molecule has 0 radical (unpaired) electrons. The molecular formula is C20H23NO4. The highest BCUT2D eigenvalue weighted by Crippen LogP contribution is 2.16. The molecule has 0 unspecified atom stereocenters. The van der Waals surface area contributed by atoms with Gasteiger partial charge in [0.05, 0.1) is 6.42 Å². The monoisotopic (exact) mass is 341 g/mol. The van der Waals surface area contributed by atoms with Crippen LogP contribution in [0.4, 0.5) is 0 Å². The first-order valence-electron chi connectivity index (χ1n) is 8.27. The zero-order chi connectivity index (χ0) is 18.2. The van der Waals surface area contributed by atoms with Crippen molar-refractivity contribution in [2.75, 3.05) is 6.54 Å². The Hall–Kier alpha value is -2.82. The van der Waals surface area contributed by atoms with Crippen molar-refractivity contribution in [3.05, 3.63) is 65.7 Å². The van der Waals surface area contributed by atoms with Crippen molar-refractivity contribution in [3.63, 3.8) is 0 Å². The second kappa shape index (κ2) is 8.87. The fourth-order valence-electron chi connectivity index (χ4n) is 2.41. The van der Waals surface area contributed by atoms with Crippen molar-refractivity contribution in [1.82, 2.24) is 4.90 Å². The molecular weight excluding hydrogens is 318 g/mol. The Labute approximate surface area is 147 Å². The van der Waals surface area contributed by atoms with Gasteiger partial charge in [-0.3, -0.25) is 9.59 Å². The fourth-order valence-corrected chi connectivity index (χ4v) is 2.41. The smallest absolute Gasteiger partial charge is 0.305 e. The summed E-state index contributed by atoms with van der Waals surface area (Å²) < 4.78 is 5.71. The number of nitrogens with zero attached hydrogens (tertiary/aromatic N) is 1. The van der Waals surface area contributed by atoms with Gasteiger partial charge in [-0.25, -0.2) is 0 Å². The van der Waals surface area contributed by atoms with Crippen LogP contribution in [0.5, 0.6) is 5.75 Å². The molecule has 2 aromatic carbocycles. The lowest BCUT2D eigenvalue weighted by atomic mass is 10.1. The minimum atomic E-state index is -0.914. The standard InChI is InChI=1S/C20H23NO4/c1-15(2)21(13-12-19(22)23)20(24)17-8-10-18(11-9-17)25-14-16-6-4-3-5-7-16/h3-11,15H,12-14H2,1-2H3,(H,22,23). The van der Waals surface area contributed by atoms with Gasteiger partial charge in [0.15, 0.2) is 0 Å². The minimum absolute atomic E-state index is 0.0673. The number of carboxylic acids is 1. The number of ether oxygens (including phenoxy) is 1. The number of benzene rings is 2. The number of amides is 1. The van der Waals surface area contributed by atoms with E-state index in [1.165, 1.54) is 0 Å². The third-order valence-electron chi connectivity index (χ3n) is 3.80. The van der Waals surface area contributed by atoms with E-state index in [9.17, 15) is 9.59 Å². The van der Waals surface area contributed by atoms with E-state index >= 15 is 0 Å². The molecule has 0 bridgehead atoms. The zero-order valence-corrected chi connectivity index (χ0v) is 14.5. The molecule has 1 amide bonds. The summed E-state index contributed by atoms with van der Waals surface area (Å²) in [6, 6.07) is 16.7. The Morgan fingerprint density at radius 2 is 1.68 bits per heavy atom. The predicted molar refractivity (Wildman–Crippen MR) is 95.6 cm³/mol. The van der Waals surface area contributed by atoms with Gasteiger partial charge in [-0.1, -0.05) is 30.3 Å². The van der Waals surface area contributed by atoms with Gasteiger partial charge >= 0.3 is 5.97 Å². The van der Waals surface area contributed by atoms with Crippen molar-refractivity contribution < 1.29 is 19.4 Å². The molecule has 2 aromatic rings. The largest absolute Gasteiger partial charge is 0.489 e. The van der Waals surface area contributed by atoms with Crippen molar-refractivity contribution in [3.8, 4) is 5.75 Å². The fraction of sp³-hybridized carbons (Fsp3) is 0.300. The van der Waals surface area contributed by atoms with Crippen LogP contribution in [0.1, 0.15) is 36.2 Å². The van der Waals surface area contributed by atoms with E-state index in [1.807, 2.05) is 44.2 Å². The van der Waals surface area contributed by atoms with Crippen LogP contribution in [0.25, 0.3) is 0 Å². The van der Waals surface area contributed by atoms with Gasteiger partial charge in [0.1, 0.15) is 12.4 Å². The highest BCUT2D eigenvalue weighted by atomic mass is 16.5. The van der Waals surface area contributed by atoms with Crippen LogP contribution in [0.15, 0.2) is 54.6 Å². The van der Waals surface area contributed by atoms with Crippen LogP contribution in [0, 0.1) is 0 Å². The first-order chi connectivity index (χ1) is 12.0. The number of carbonyl (C=O) groups excluding carboxylic acids is 1. The number of aliphatic carboxylic acids is 1. The van der Waals surface area contributed by atoms with E-state index in [-0.39, 0.29) is 24.9 Å². The van der Waals surface area contributed by atoms with Crippen molar-refractivity contribution in [2.45, 2.75) is 32.9 Å². The highest BCUT2D eigenvalue weighted by molar-refractivity contribution is 5.94. The molecule has 0 saturated carbocycles. The molecule has 0 heterocycles.